The Labute approximate surface area is 224 Å². The van der Waals surface area contributed by atoms with Gasteiger partial charge in [-0.25, -0.2) is 9.97 Å². The average molecular weight is 542 g/mol. The summed E-state index contributed by atoms with van der Waals surface area (Å²) in [5.41, 5.74) is 0.896. The number of aromatic nitrogens is 4. The number of halogens is 1. The maximum absolute atomic E-state index is 13.2. The van der Waals surface area contributed by atoms with Gasteiger partial charge < -0.3 is 29.3 Å². The number of imidazole rings is 1. The van der Waals surface area contributed by atoms with E-state index >= 15 is 0 Å². The Morgan fingerprint density at radius 3 is 2.84 bits per heavy atom. The molecule has 2 aliphatic heterocycles. The maximum atomic E-state index is 13.2. The normalized spacial score (nSPS) is 17.4. The van der Waals surface area contributed by atoms with Crippen molar-refractivity contribution < 1.29 is 23.8 Å². The second kappa shape index (κ2) is 11.2. The number of hydrogen-bond donors (Lipinski definition) is 1. The topological polar surface area (TPSA) is 124 Å². The van der Waals surface area contributed by atoms with Crippen LogP contribution in [-0.2, 0) is 14.3 Å². The average Bonchev–Trinajstić information content (AvgIpc) is 3.60. The predicted molar refractivity (Wildman–Crippen MR) is 137 cm³/mol. The standard InChI is InChI=1S/C25H28ClN7O5/c1-16(17-3-4-19-20(9-17)38-15-37-19)28-23(34)10-18-12-31(24(35)13-36-2)7-8-33(18)22-11-21(26)29-25(30-22)32-6-5-27-14-32/h3-6,9,11,14,16,18H,7-8,10,12-13,15H2,1-2H3,(H,28,34). The molecule has 0 bridgehead atoms. The minimum absolute atomic E-state index is 0.0236. The number of anilines is 1. The molecule has 2 aromatic heterocycles. The number of piperazine rings is 1. The molecule has 1 aromatic carbocycles. The number of ether oxygens (including phenoxy) is 3. The van der Waals surface area contributed by atoms with E-state index in [1.165, 1.54) is 7.11 Å². The lowest BCUT2D eigenvalue weighted by atomic mass is 10.0. The number of fused-ring (bicyclic) bond motifs is 1. The lowest BCUT2D eigenvalue weighted by Crippen LogP contribution is -2.57. The van der Waals surface area contributed by atoms with Crippen LogP contribution in [0.5, 0.6) is 11.5 Å². The summed E-state index contributed by atoms with van der Waals surface area (Å²) in [5, 5.41) is 3.32. The van der Waals surface area contributed by atoms with Crippen LogP contribution in [0, 0.1) is 0 Å². The molecular formula is C25H28ClN7O5. The number of benzene rings is 1. The molecule has 2 atom stereocenters. The van der Waals surface area contributed by atoms with Crippen molar-refractivity contribution >= 4 is 29.2 Å². The van der Waals surface area contributed by atoms with Crippen LogP contribution in [0.15, 0.2) is 43.0 Å². The van der Waals surface area contributed by atoms with E-state index in [1.54, 1.807) is 34.3 Å². The number of rotatable bonds is 8. The van der Waals surface area contributed by atoms with Crippen LogP contribution in [0.1, 0.15) is 24.9 Å². The van der Waals surface area contributed by atoms with Gasteiger partial charge in [0.25, 0.3) is 0 Å². The summed E-state index contributed by atoms with van der Waals surface area (Å²) in [6.45, 7) is 3.31. The van der Waals surface area contributed by atoms with Gasteiger partial charge >= 0.3 is 0 Å². The molecule has 12 nitrogen and oxygen atoms in total. The zero-order valence-corrected chi connectivity index (χ0v) is 21.8. The molecule has 5 rings (SSSR count). The molecule has 3 aromatic rings. The molecule has 2 amide bonds. The highest BCUT2D eigenvalue weighted by atomic mass is 35.5. The van der Waals surface area contributed by atoms with Crippen LogP contribution in [0.25, 0.3) is 5.95 Å². The number of carbonyl (C=O) groups is 2. The Morgan fingerprint density at radius 1 is 1.21 bits per heavy atom. The smallest absolute Gasteiger partial charge is 0.248 e. The zero-order chi connectivity index (χ0) is 26.6. The van der Waals surface area contributed by atoms with Crippen LogP contribution in [0.2, 0.25) is 5.15 Å². The Hall–Kier alpha value is -3.90. The number of nitrogens with one attached hydrogen (secondary N) is 1. The van der Waals surface area contributed by atoms with Crippen molar-refractivity contribution in [2.75, 3.05) is 45.0 Å². The third kappa shape index (κ3) is 5.65. The van der Waals surface area contributed by atoms with Crippen LogP contribution < -0.4 is 19.7 Å². The van der Waals surface area contributed by atoms with Crippen LogP contribution in [0.3, 0.4) is 0 Å². The first-order valence-corrected chi connectivity index (χ1v) is 12.5. The summed E-state index contributed by atoms with van der Waals surface area (Å²) in [7, 11) is 1.48. The molecule has 0 saturated carbocycles. The molecule has 1 fully saturated rings. The fourth-order valence-corrected chi connectivity index (χ4v) is 4.76. The summed E-state index contributed by atoms with van der Waals surface area (Å²) in [5.74, 6) is 1.97. The van der Waals surface area contributed by atoms with Crippen molar-refractivity contribution in [1.29, 1.82) is 0 Å². The zero-order valence-electron chi connectivity index (χ0n) is 21.0. The molecule has 0 spiro atoms. The Bertz CT molecular complexity index is 1310. The molecule has 13 heteroatoms. The minimum atomic E-state index is -0.352. The summed E-state index contributed by atoms with van der Waals surface area (Å²) >= 11 is 6.35. The summed E-state index contributed by atoms with van der Waals surface area (Å²) < 4.78 is 17.5. The van der Waals surface area contributed by atoms with Crippen molar-refractivity contribution in [2.24, 2.45) is 0 Å². The number of amides is 2. The number of methoxy groups -OCH3 is 1. The monoisotopic (exact) mass is 541 g/mol. The molecule has 200 valence electrons. The van der Waals surface area contributed by atoms with Crippen LogP contribution in [-0.4, -0.2) is 82.4 Å². The number of nitrogens with zero attached hydrogens (tertiary/aromatic N) is 6. The van der Waals surface area contributed by atoms with Crippen molar-refractivity contribution in [3.63, 3.8) is 0 Å². The van der Waals surface area contributed by atoms with E-state index in [0.717, 1.165) is 5.56 Å². The van der Waals surface area contributed by atoms with Crippen molar-refractivity contribution in [2.45, 2.75) is 25.4 Å². The van der Waals surface area contributed by atoms with Gasteiger partial charge in [0.2, 0.25) is 24.6 Å². The SMILES string of the molecule is COCC(=O)N1CCN(c2cc(Cl)nc(-n3ccnc3)n2)C(CC(=O)NC(C)c2ccc3c(c2)OCO3)C1. The fraction of sp³-hybridized carbons (Fsp3) is 0.400. The van der Waals surface area contributed by atoms with Crippen molar-refractivity contribution in [3.8, 4) is 17.4 Å². The first-order chi connectivity index (χ1) is 18.4. The Morgan fingerprint density at radius 2 is 2.05 bits per heavy atom. The van der Waals surface area contributed by atoms with E-state index < -0.39 is 0 Å². The molecule has 1 saturated heterocycles. The lowest BCUT2D eigenvalue weighted by Gasteiger charge is -2.42. The third-order valence-corrected chi connectivity index (χ3v) is 6.69. The Balaban J connectivity index is 1.35. The first kappa shape index (κ1) is 25.7. The highest BCUT2D eigenvalue weighted by molar-refractivity contribution is 6.29. The second-order valence-electron chi connectivity index (χ2n) is 9.04. The van der Waals surface area contributed by atoms with E-state index in [2.05, 4.69) is 20.3 Å². The molecule has 38 heavy (non-hydrogen) atoms. The quantitative estimate of drug-likeness (QED) is 0.426. The van der Waals surface area contributed by atoms with Gasteiger partial charge in [-0.05, 0) is 24.6 Å². The first-order valence-electron chi connectivity index (χ1n) is 12.2. The van der Waals surface area contributed by atoms with Crippen molar-refractivity contribution in [1.82, 2.24) is 29.7 Å². The fourth-order valence-electron chi connectivity index (χ4n) is 4.59. The van der Waals surface area contributed by atoms with E-state index in [0.29, 0.717) is 42.9 Å². The molecule has 4 heterocycles. The number of carbonyl (C=O) groups excluding carboxylic acids is 2. The molecule has 2 aliphatic rings. The summed E-state index contributed by atoms with van der Waals surface area (Å²) in [6.07, 6.45) is 5.06. The summed E-state index contributed by atoms with van der Waals surface area (Å²) in [6, 6.07) is 6.65. The van der Waals surface area contributed by atoms with Gasteiger partial charge in [-0.2, -0.15) is 4.98 Å². The minimum Gasteiger partial charge on any atom is -0.454 e. The lowest BCUT2D eigenvalue weighted by molar-refractivity contribution is -0.136. The van der Waals surface area contributed by atoms with Crippen molar-refractivity contribution in [3.05, 3.63) is 53.7 Å². The highest BCUT2D eigenvalue weighted by Gasteiger charge is 2.33. The maximum Gasteiger partial charge on any atom is 0.248 e. The molecule has 0 radical (unpaired) electrons. The van der Waals surface area contributed by atoms with Crippen LogP contribution in [0.4, 0.5) is 5.82 Å². The van der Waals surface area contributed by atoms with Gasteiger partial charge in [0.15, 0.2) is 11.5 Å². The summed E-state index contributed by atoms with van der Waals surface area (Å²) in [4.78, 5) is 42.5. The molecular weight excluding hydrogens is 514 g/mol. The highest BCUT2D eigenvalue weighted by Crippen LogP contribution is 2.34. The van der Waals surface area contributed by atoms with Gasteiger partial charge in [0, 0.05) is 51.6 Å². The van der Waals surface area contributed by atoms with E-state index in [4.69, 9.17) is 25.8 Å². The second-order valence-corrected chi connectivity index (χ2v) is 9.43. The van der Waals surface area contributed by atoms with Crippen LogP contribution >= 0.6 is 11.6 Å². The largest absolute Gasteiger partial charge is 0.454 e. The predicted octanol–water partition coefficient (Wildman–Crippen LogP) is 1.98. The Kier molecular flexibility index (Phi) is 7.61. The van der Waals surface area contributed by atoms with Gasteiger partial charge in [0.1, 0.15) is 23.9 Å². The number of hydrogen-bond acceptors (Lipinski definition) is 9. The molecule has 1 N–H and O–H groups in total. The molecule has 2 unspecified atom stereocenters. The van der Waals surface area contributed by atoms with E-state index in [9.17, 15) is 9.59 Å². The van der Waals surface area contributed by atoms with Gasteiger partial charge in [-0.3, -0.25) is 14.2 Å². The van der Waals surface area contributed by atoms with Gasteiger partial charge in [-0.1, -0.05) is 17.7 Å². The van der Waals surface area contributed by atoms with Gasteiger partial charge in [0.05, 0.1) is 12.1 Å². The molecule has 0 aliphatic carbocycles. The third-order valence-electron chi connectivity index (χ3n) is 6.50. The van der Waals surface area contributed by atoms with E-state index in [1.807, 2.05) is 30.0 Å². The van der Waals surface area contributed by atoms with Gasteiger partial charge in [-0.15, -0.1) is 0 Å². The van der Waals surface area contributed by atoms with E-state index in [-0.39, 0.29) is 48.9 Å².